The number of aliphatic hydroxyl groups is 2. The minimum atomic E-state index is -0.796. The minimum Gasteiger partial charge on any atom is -0.462 e. The first-order chi connectivity index (χ1) is 18.0. The lowest BCUT2D eigenvalue weighted by molar-refractivity contribution is -0.161. The van der Waals surface area contributed by atoms with Crippen molar-refractivity contribution >= 4 is 11.9 Å². The van der Waals surface area contributed by atoms with Gasteiger partial charge in [-0.05, 0) is 32.1 Å². The van der Waals surface area contributed by atoms with Gasteiger partial charge < -0.3 is 19.7 Å². The van der Waals surface area contributed by atoms with Crippen LogP contribution in [0, 0.1) is 0 Å². The summed E-state index contributed by atoms with van der Waals surface area (Å²) in [6.07, 6.45) is 26.6. The molecule has 0 amide bonds. The first-order valence-electron chi connectivity index (χ1n) is 14.7. The van der Waals surface area contributed by atoms with Crippen LogP contribution in [0.4, 0.5) is 0 Å². The number of allylic oxidation sites excluding steroid dienone is 5. The van der Waals surface area contributed by atoms with Gasteiger partial charge >= 0.3 is 11.9 Å². The predicted octanol–water partition coefficient (Wildman–Crippen LogP) is 7.13. The maximum absolute atomic E-state index is 12.0. The first kappa shape index (κ1) is 35.1. The quantitative estimate of drug-likeness (QED) is 0.0573. The molecular weight excluding hydrogens is 468 g/mol. The third-order valence-corrected chi connectivity index (χ3v) is 6.05. The van der Waals surface area contributed by atoms with Crippen LogP contribution in [-0.4, -0.2) is 47.6 Å². The van der Waals surface area contributed by atoms with Crippen molar-refractivity contribution in [2.75, 3.05) is 13.2 Å². The largest absolute Gasteiger partial charge is 0.462 e. The smallest absolute Gasteiger partial charge is 0.306 e. The molecular formula is C31H54O6. The molecule has 0 saturated heterocycles. The van der Waals surface area contributed by atoms with E-state index >= 15 is 0 Å². The standard InChI is InChI=1S/C31H54O6/c1-3-5-7-9-11-14-18-22-28(33)23-19-15-13-17-20-24-30(34)36-27-29(26-32)37-31(35)25-21-16-12-10-8-6-4-2/h5,7,11,14,18,22,28-29,32-33H,3-4,6,8-10,12-13,15-17,19-21,23-27H2,1-2H3/b7-5+,14-11+,22-18+/t28?,29-/m0/s1. The Labute approximate surface area is 226 Å². The Hall–Kier alpha value is -1.92. The second-order valence-electron chi connectivity index (χ2n) is 9.65. The average Bonchev–Trinajstić information content (AvgIpc) is 2.89. The maximum atomic E-state index is 12.0. The van der Waals surface area contributed by atoms with Crippen LogP contribution in [0.25, 0.3) is 0 Å². The van der Waals surface area contributed by atoms with E-state index in [1.807, 2.05) is 18.2 Å². The second kappa shape index (κ2) is 27.1. The fourth-order valence-electron chi connectivity index (χ4n) is 3.79. The van der Waals surface area contributed by atoms with Gasteiger partial charge in [-0.1, -0.05) is 115 Å². The number of rotatable bonds is 25. The fourth-order valence-corrected chi connectivity index (χ4v) is 3.79. The van der Waals surface area contributed by atoms with Gasteiger partial charge in [-0.15, -0.1) is 0 Å². The van der Waals surface area contributed by atoms with Crippen LogP contribution in [-0.2, 0) is 19.1 Å². The molecule has 2 atom stereocenters. The van der Waals surface area contributed by atoms with Crippen LogP contribution in [0.15, 0.2) is 36.5 Å². The molecule has 0 bridgehead atoms. The molecule has 6 nitrogen and oxygen atoms in total. The van der Waals surface area contributed by atoms with Crippen LogP contribution in [0.3, 0.4) is 0 Å². The number of aliphatic hydroxyl groups excluding tert-OH is 2. The zero-order valence-corrected chi connectivity index (χ0v) is 23.6. The Kier molecular flexibility index (Phi) is 25.7. The van der Waals surface area contributed by atoms with Crippen molar-refractivity contribution in [2.45, 2.75) is 135 Å². The van der Waals surface area contributed by atoms with E-state index < -0.39 is 12.2 Å². The van der Waals surface area contributed by atoms with Gasteiger partial charge in [-0.2, -0.15) is 0 Å². The highest BCUT2D eigenvalue weighted by atomic mass is 16.6. The summed E-state index contributed by atoms with van der Waals surface area (Å²) >= 11 is 0. The summed E-state index contributed by atoms with van der Waals surface area (Å²) in [5.74, 6) is -0.680. The van der Waals surface area contributed by atoms with Crippen molar-refractivity contribution in [3.63, 3.8) is 0 Å². The summed E-state index contributed by atoms with van der Waals surface area (Å²) in [6.45, 7) is 3.84. The minimum absolute atomic E-state index is 0.103. The van der Waals surface area contributed by atoms with Gasteiger partial charge in [0.2, 0.25) is 0 Å². The monoisotopic (exact) mass is 522 g/mol. The topological polar surface area (TPSA) is 93.1 Å². The highest BCUT2D eigenvalue weighted by Gasteiger charge is 2.16. The molecule has 37 heavy (non-hydrogen) atoms. The molecule has 2 N–H and O–H groups in total. The number of esters is 2. The van der Waals surface area contributed by atoms with E-state index in [0.717, 1.165) is 70.6 Å². The van der Waals surface area contributed by atoms with E-state index in [-0.39, 0.29) is 25.2 Å². The summed E-state index contributed by atoms with van der Waals surface area (Å²) in [7, 11) is 0. The fraction of sp³-hybridized carbons (Fsp3) is 0.742. The summed E-state index contributed by atoms with van der Waals surface area (Å²) in [4.78, 5) is 23.9. The molecule has 0 spiro atoms. The highest BCUT2D eigenvalue weighted by molar-refractivity contribution is 5.70. The molecule has 0 aliphatic rings. The average molecular weight is 523 g/mol. The Morgan fingerprint density at radius 1 is 0.757 bits per heavy atom. The molecule has 0 saturated carbocycles. The van der Waals surface area contributed by atoms with E-state index in [4.69, 9.17) is 9.47 Å². The summed E-state index contributed by atoms with van der Waals surface area (Å²) in [6, 6.07) is 0. The molecule has 6 heteroatoms. The number of unbranched alkanes of at least 4 members (excludes halogenated alkanes) is 10. The van der Waals surface area contributed by atoms with Crippen molar-refractivity contribution in [2.24, 2.45) is 0 Å². The van der Waals surface area contributed by atoms with E-state index in [0.29, 0.717) is 12.8 Å². The molecule has 0 aliphatic carbocycles. The lowest BCUT2D eigenvalue weighted by atomic mass is 10.1. The lowest BCUT2D eigenvalue weighted by Crippen LogP contribution is -2.28. The molecule has 0 aliphatic heterocycles. The number of carbonyl (C=O) groups excluding carboxylic acids is 2. The van der Waals surface area contributed by atoms with Crippen molar-refractivity contribution in [1.29, 1.82) is 0 Å². The van der Waals surface area contributed by atoms with Crippen LogP contribution in [0.5, 0.6) is 0 Å². The first-order valence-corrected chi connectivity index (χ1v) is 14.7. The number of hydrogen-bond acceptors (Lipinski definition) is 6. The van der Waals surface area contributed by atoms with Crippen LogP contribution < -0.4 is 0 Å². The molecule has 214 valence electrons. The zero-order chi connectivity index (χ0) is 27.4. The van der Waals surface area contributed by atoms with Gasteiger partial charge in [0.05, 0.1) is 12.7 Å². The van der Waals surface area contributed by atoms with Gasteiger partial charge in [0, 0.05) is 12.8 Å². The van der Waals surface area contributed by atoms with E-state index in [1.165, 1.54) is 25.7 Å². The predicted molar refractivity (Wildman–Crippen MR) is 151 cm³/mol. The highest BCUT2D eigenvalue weighted by Crippen LogP contribution is 2.11. The molecule has 1 unspecified atom stereocenters. The SMILES string of the molecule is CC/C=C/C/C=C/C=C/C(O)CCCCCCCC(=O)OC[C@H](CO)OC(=O)CCCCCCCCC. The molecule has 0 fully saturated rings. The Balaban J connectivity index is 3.73. The van der Waals surface area contributed by atoms with Crippen LogP contribution in [0.2, 0.25) is 0 Å². The zero-order valence-electron chi connectivity index (χ0n) is 23.6. The third-order valence-electron chi connectivity index (χ3n) is 6.05. The summed E-state index contributed by atoms with van der Waals surface area (Å²) in [5.41, 5.74) is 0. The van der Waals surface area contributed by atoms with Gasteiger partial charge in [0.25, 0.3) is 0 Å². The normalized spacial score (nSPS) is 13.5. The number of ether oxygens (including phenoxy) is 2. The van der Waals surface area contributed by atoms with Gasteiger partial charge in [-0.3, -0.25) is 9.59 Å². The third kappa shape index (κ3) is 25.5. The second-order valence-corrected chi connectivity index (χ2v) is 9.65. The lowest BCUT2D eigenvalue weighted by Gasteiger charge is -2.15. The van der Waals surface area contributed by atoms with Gasteiger partial charge in [-0.25, -0.2) is 0 Å². The molecule has 0 aromatic rings. The molecule has 0 radical (unpaired) electrons. The van der Waals surface area contributed by atoms with Gasteiger partial charge in [0.1, 0.15) is 6.61 Å². The van der Waals surface area contributed by atoms with E-state index in [1.54, 1.807) is 0 Å². The Morgan fingerprint density at radius 2 is 1.38 bits per heavy atom. The van der Waals surface area contributed by atoms with E-state index in [9.17, 15) is 19.8 Å². The van der Waals surface area contributed by atoms with E-state index in [2.05, 4.69) is 32.1 Å². The van der Waals surface area contributed by atoms with Gasteiger partial charge in [0.15, 0.2) is 6.10 Å². The Morgan fingerprint density at radius 3 is 2.03 bits per heavy atom. The maximum Gasteiger partial charge on any atom is 0.306 e. The molecule has 0 heterocycles. The van der Waals surface area contributed by atoms with Crippen molar-refractivity contribution in [3.05, 3.63) is 36.5 Å². The van der Waals surface area contributed by atoms with Crippen molar-refractivity contribution in [1.82, 2.24) is 0 Å². The van der Waals surface area contributed by atoms with Crippen LogP contribution >= 0.6 is 0 Å². The molecule has 0 rings (SSSR count). The van der Waals surface area contributed by atoms with Crippen molar-refractivity contribution in [3.8, 4) is 0 Å². The van der Waals surface area contributed by atoms with Crippen LogP contribution in [0.1, 0.15) is 123 Å². The van der Waals surface area contributed by atoms with Crippen molar-refractivity contribution < 1.29 is 29.3 Å². The molecule has 0 aromatic carbocycles. The summed E-state index contributed by atoms with van der Waals surface area (Å²) < 4.78 is 10.4. The number of carbonyl (C=O) groups is 2. The Bertz CT molecular complexity index is 625. The molecule has 0 aromatic heterocycles. The number of hydrogen-bond donors (Lipinski definition) is 2. The summed E-state index contributed by atoms with van der Waals surface area (Å²) in [5, 5.41) is 19.4.